The van der Waals surface area contributed by atoms with Crippen molar-refractivity contribution in [2.24, 2.45) is 0 Å². The van der Waals surface area contributed by atoms with Crippen LogP contribution < -0.4 is 0 Å². The van der Waals surface area contributed by atoms with Crippen molar-refractivity contribution in [1.82, 2.24) is 9.13 Å². The molecule has 0 atom stereocenters. The Hall–Kier alpha value is -7.66. The van der Waals surface area contributed by atoms with Crippen molar-refractivity contribution in [3.63, 3.8) is 0 Å². The highest BCUT2D eigenvalue weighted by atomic mass is 15.0. The highest BCUT2D eigenvalue weighted by Crippen LogP contribution is 2.44. The molecule has 0 aliphatic rings. The van der Waals surface area contributed by atoms with Crippen LogP contribution in [0.1, 0.15) is 11.1 Å². The molecule has 0 radical (unpaired) electrons. The molecule has 0 N–H and O–H groups in total. The molecule has 0 saturated heterocycles. The Balaban J connectivity index is 1.32. The first-order valence-electron chi connectivity index (χ1n) is 18.0. The molecule has 0 fully saturated rings. The number of nitrogens with zero attached hydrogens (tertiary/aromatic N) is 4. The summed E-state index contributed by atoms with van der Waals surface area (Å²) in [5.41, 5.74) is 12.5. The number of fused-ring (bicyclic) bond motifs is 6. The molecule has 0 amide bonds. The van der Waals surface area contributed by atoms with Crippen LogP contribution >= 0.6 is 0 Å². The van der Waals surface area contributed by atoms with Crippen LogP contribution in [0.2, 0.25) is 0 Å². The van der Waals surface area contributed by atoms with Gasteiger partial charge in [-0.3, -0.25) is 0 Å². The maximum Gasteiger partial charge on any atom is 0.100 e. The van der Waals surface area contributed by atoms with Crippen molar-refractivity contribution in [2.45, 2.75) is 0 Å². The van der Waals surface area contributed by atoms with Crippen molar-refractivity contribution in [2.75, 3.05) is 0 Å². The van der Waals surface area contributed by atoms with Gasteiger partial charge in [-0.05, 0) is 77.4 Å². The van der Waals surface area contributed by atoms with Crippen LogP contribution in [0.25, 0.3) is 88.4 Å². The van der Waals surface area contributed by atoms with Gasteiger partial charge in [-0.15, -0.1) is 0 Å². The van der Waals surface area contributed by atoms with Crippen LogP contribution in [-0.2, 0) is 0 Å². The fourth-order valence-electron chi connectivity index (χ4n) is 8.24. The van der Waals surface area contributed by atoms with Gasteiger partial charge in [-0.25, -0.2) is 0 Å². The van der Waals surface area contributed by atoms with Gasteiger partial charge >= 0.3 is 0 Å². The van der Waals surface area contributed by atoms with E-state index in [0.29, 0.717) is 16.7 Å². The van der Waals surface area contributed by atoms with Gasteiger partial charge in [0.15, 0.2) is 0 Å². The Kier molecular flexibility index (Phi) is 7.22. The largest absolute Gasteiger partial charge is 0.309 e. The summed E-state index contributed by atoms with van der Waals surface area (Å²) < 4.78 is 4.70. The number of nitriles is 2. The second-order valence-electron chi connectivity index (χ2n) is 13.5. The average molecular weight is 687 g/mol. The molecule has 8 aromatic carbocycles. The Morgan fingerprint density at radius 3 is 1.39 bits per heavy atom. The molecule has 250 valence electrons. The molecule has 0 bridgehead atoms. The first-order chi connectivity index (χ1) is 26.7. The lowest BCUT2D eigenvalue weighted by molar-refractivity contribution is 1.16. The number of hydrogen-bond acceptors (Lipinski definition) is 2. The van der Waals surface area contributed by atoms with Crippen molar-refractivity contribution in [3.8, 4) is 56.9 Å². The standard InChI is InChI=1S/C50H30N4/c51-31-44-39(33-15-5-1-6-16-33)28-40(45(32-52)50(44)34-17-7-2-8-18-34)35-25-26-47-41(27-35)43-29-42-38-23-13-14-24-46(38)53(36-19-9-3-10-20-36)48(42)30-49(43)54(47)37-21-11-4-12-22-37/h1-30H. The van der Waals surface area contributed by atoms with Crippen molar-refractivity contribution in [1.29, 1.82) is 10.5 Å². The molecule has 2 aromatic heterocycles. The van der Waals surface area contributed by atoms with E-state index in [-0.39, 0.29) is 0 Å². The second kappa shape index (κ2) is 12.5. The van der Waals surface area contributed by atoms with Crippen molar-refractivity contribution < 1.29 is 0 Å². The maximum absolute atomic E-state index is 10.9. The fourth-order valence-corrected chi connectivity index (χ4v) is 8.24. The first kappa shape index (κ1) is 31.1. The van der Waals surface area contributed by atoms with Gasteiger partial charge in [0.1, 0.15) is 12.1 Å². The summed E-state index contributed by atoms with van der Waals surface area (Å²) >= 11 is 0. The minimum atomic E-state index is 0.483. The summed E-state index contributed by atoms with van der Waals surface area (Å²) in [6.45, 7) is 0. The molecule has 4 heteroatoms. The zero-order chi connectivity index (χ0) is 36.2. The Labute approximate surface area is 312 Å². The maximum atomic E-state index is 10.9. The topological polar surface area (TPSA) is 57.4 Å². The van der Waals surface area contributed by atoms with Crippen LogP contribution in [0.4, 0.5) is 0 Å². The van der Waals surface area contributed by atoms with Gasteiger partial charge in [0.25, 0.3) is 0 Å². The van der Waals surface area contributed by atoms with E-state index >= 15 is 0 Å². The Bertz CT molecular complexity index is 3140. The normalized spacial score (nSPS) is 11.3. The zero-order valence-electron chi connectivity index (χ0n) is 29.1. The summed E-state index contributed by atoms with van der Waals surface area (Å²) in [6.07, 6.45) is 0. The lowest BCUT2D eigenvalue weighted by Gasteiger charge is -2.17. The molecule has 54 heavy (non-hydrogen) atoms. The monoisotopic (exact) mass is 686 g/mol. The molecule has 10 rings (SSSR count). The third-order valence-corrected chi connectivity index (χ3v) is 10.6. The van der Waals surface area contributed by atoms with Crippen LogP contribution in [0.15, 0.2) is 182 Å². The molecular weight excluding hydrogens is 657 g/mol. The molecule has 0 aliphatic heterocycles. The minimum absolute atomic E-state index is 0.483. The molecule has 0 saturated carbocycles. The molecule has 0 unspecified atom stereocenters. The molecule has 0 spiro atoms. The number of hydrogen-bond donors (Lipinski definition) is 0. The van der Waals surface area contributed by atoms with E-state index in [4.69, 9.17) is 0 Å². The third kappa shape index (κ3) is 4.76. The van der Waals surface area contributed by atoms with E-state index in [0.717, 1.165) is 72.0 Å². The van der Waals surface area contributed by atoms with Crippen LogP contribution in [0.3, 0.4) is 0 Å². The lowest BCUT2D eigenvalue weighted by atomic mass is 9.84. The lowest BCUT2D eigenvalue weighted by Crippen LogP contribution is -1.98. The number of para-hydroxylation sites is 3. The Morgan fingerprint density at radius 1 is 0.333 bits per heavy atom. The van der Waals surface area contributed by atoms with Gasteiger partial charge in [-0.1, -0.05) is 121 Å². The molecule has 2 heterocycles. The smallest absolute Gasteiger partial charge is 0.100 e. The molecular formula is C50H30N4. The van der Waals surface area contributed by atoms with Crippen molar-refractivity contribution in [3.05, 3.63) is 193 Å². The van der Waals surface area contributed by atoms with Gasteiger partial charge in [0, 0.05) is 49.6 Å². The van der Waals surface area contributed by atoms with Crippen molar-refractivity contribution >= 4 is 43.6 Å². The number of rotatable bonds is 5. The van der Waals surface area contributed by atoms with E-state index in [1.54, 1.807) is 0 Å². The highest BCUT2D eigenvalue weighted by molar-refractivity contribution is 6.19. The molecule has 10 aromatic rings. The quantitative estimate of drug-likeness (QED) is 0.181. The first-order valence-corrected chi connectivity index (χ1v) is 18.0. The summed E-state index contributed by atoms with van der Waals surface area (Å²) in [7, 11) is 0. The number of aromatic nitrogens is 2. The fraction of sp³-hybridized carbons (Fsp3) is 0. The van der Waals surface area contributed by atoms with Crippen LogP contribution in [-0.4, -0.2) is 9.13 Å². The van der Waals surface area contributed by atoms with Gasteiger partial charge in [-0.2, -0.15) is 10.5 Å². The van der Waals surface area contributed by atoms with Gasteiger partial charge < -0.3 is 9.13 Å². The highest BCUT2D eigenvalue weighted by Gasteiger charge is 2.23. The molecule has 0 aliphatic carbocycles. The van der Waals surface area contributed by atoms with E-state index < -0.39 is 0 Å². The van der Waals surface area contributed by atoms with E-state index in [1.165, 1.54) is 10.8 Å². The summed E-state index contributed by atoms with van der Waals surface area (Å²) in [6, 6.07) is 67.7. The molecule has 4 nitrogen and oxygen atoms in total. The predicted molar refractivity (Wildman–Crippen MR) is 221 cm³/mol. The summed E-state index contributed by atoms with van der Waals surface area (Å²) in [4.78, 5) is 0. The number of benzene rings is 8. The van der Waals surface area contributed by atoms with Crippen LogP contribution in [0, 0.1) is 22.7 Å². The third-order valence-electron chi connectivity index (χ3n) is 10.6. The van der Waals surface area contributed by atoms with E-state index in [2.05, 4.69) is 130 Å². The predicted octanol–water partition coefficient (Wildman–Crippen LogP) is 12.6. The summed E-state index contributed by atoms with van der Waals surface area (Å²) in [5, 5.41) is 26.1. The SMILES string of the molecule is N#Cc1c(-c2ccccc2)cc(-c2ccc3c(c2)c2cc4c5ccccc5n(-c5ccccc5)c4cc2n3-c2ccccc2)c(C#N)c1-c1ccccc1. The van der Waals surface area contributed by atoms with Gasteiger partial charge in [0.05, 0.1) is 33.2 Å². The minimum Gasteiger partial charge on any atom is -0.309 e. The van der Waals surface area contributed by atoms with Gasteiger partial charge in [0.2, 0.25) is 0 Å². The summed E-state index contributed by atoms with van der Waals surface area (Å²) in [5.74, 6) is 0. The van der Waals surface area contributed by atoms with E-state index in [9.17, 15) is 10.5 Å². The van der Waals surface area contributed by atoms with E-state index in [1.807, 2.05) is 72.8 Å². The van der Waals surface area contributed by atoms with Crippen LogP contribution in [0.5, 0.6) is 0 Å². The average Bonchev–Trinajstić information content (AvgIpc) is 3.74. The zero-order valence-corrected chi connectivity index (χ0v) is 29.1. The second-order valence-corrected chi connectivity index (χ2v) is 13.5. The Morgan fingerprint density at radius 2 is 0.796 bits per heavy atom.